The van der Waals surface area contributed by atoms with Gasteiger partial charge in [0, 0.05) is 5.70 Å². The van der Waals surface area contributed by atoms with Gasteiger partial charge in [0.25, 0.3) is 0 Å². The molecule has 1 heterocycles. The maximum absolute atomic E-state index is 11.9. The van der Waals surface area contributed by atoms with Gasteiger partial charge in [-0.2, -0.15) is 8.42 Å². The monoisotopic (exact) mass is 250 g/mol. The Kier molecular flexibility index (Phi) is 3.02. The summed E-state index contributed by atoms with van der Waals surface area (Å²) in [6.07, 6.45) is 1.77. The molecule has 0 radical (unpaired) electrons. The second kappa shape index (κ2) is 4.33. The first-order valence-corrected chi connectivity index (χ1v) is 6.70. The fourth-order valence-corrected chi connectivity index (χ4v) is 3.01. The summed E-state index contributed by atoms with van der Waals surface area (Å²) in [5.74, 6) is 0. The van der Waals surface area contributed by atoms with Crippen LogP contribution in [-0.2, 0) is 16.8 Å². The Bertz CT molecular complexity index is 574. The van der Waals surface area contributed by atoms with Gasteiger partial charge in [0.1, 0.15) is 0 Å². The Morgan fingerprint density at radius 2 is 1.82 bits per heavy atom. The first-order valence-electron chi connectivity index (χ1n) is 5.30. The highest BCUT2D eigenvalue weighted by molar-refractivity contribution is 7.88. The third-order valence-corrected chi connectivity index (χ3v) is 4.01. The highest BCUT2D eigenvalue weighted by atomic mass is 32.2. The van der Waals surface area contributed by atoms with Crippen LogP contribution < -0.4 is 0 Å². The molecular formula is C12H14N2O2S. The zero-order valence-electron chi connectivity index (χ0n) is 9.79. The molecule has 1 aliphatic heterocycles. The first-order chi connectivity index (χ1) is 7.99. The maximum atomic E-state index is 11.9. The van der Waals surface area contributed by atoms with Crippen LogP contribution in [0.25, 0.3) is 0 Å². The molecule has 0 spiro atoms. The fourth-order valence-electron chi connectivity index (χ4n) is 1.77. The SMILES string of the molecule is CC1=CC(C)=NS(=O)(=O)N1Cc1ccccc1. The number of benzene rings is 1. The van der Waals surface area contributed by atoms with Crippen molar-refractivity contribution in [3.63, 3.8) is 0 Å². The van der Waals surface area contributed by atoms with E-state index in [-0.39, 0.29) is 0 Å². The largest absolute Gasteiger partial charge is 0.344 e. The van der Waals surface area contributed by atoms with Crippen molar-refractivity contribution >= 4 is 15.9 Å². The molecule has 0 aromatic heterocycles. The van der Waals surface area contributed by atoms with Gasteiger partial charge in [0.2, 0.25) is 0 Å². The van der Waals surface area contributed by atoms with Crippen LogP contribution in [0.3, 0.4) is 0 Å². The van der Waals surface area contributed by atoms with Gasteiger partial charge in [0.05, 0.1) is 12.3 Å². The molecule has 1 aromatic rings. The second-order valence-electron chi connectivity index (χ2n) is 3.99. The van der Waals surface area contributed by atoms with E-state index in [1.165, 1.54) is 4.31 Å². The molecule has 0 N–H and O–H groups in total. The molecule has 0 saturated heterocycles. The van der Waals surface area contributed by atoms with Crippen LogP contribution >= 0.6 is 0 Å². The molecule has 0 amide bonds. The smallest absolute Gasteiger partial charge is 0.252 e. The topological polar surface area (TPSA) is 49.7 Å². The quantitative estimate of drug-likeness (QED) is 0.807. The number of allylic oxidation sites excluding steroid dienone is 2. The van der Waals surface area contributed by atoms with Gasteiger partial charge < -0.3 is 0 Å². The average molecular weight is 250 g/mol. The highest BCUT2D eigenvalue weighted by Crippen LogP contribution is 2.20. The van der Waals surface area contributed by atoms with Crippen LogP contribution in [0.2, 0.25) is 0 Å². The van der Waals surface area contributed by atoms with E-state index in [0.717, 1.165) is 5.56 Å². The van der Waals surface area contributed by atoms with Crippen LogP contribution in [0.4, 0.5) is 0 Å². The predicted molar refractivity (Wildman–Crippen MR) is 67.8 cm³/mol. The first kappa shape index (κ1) is 11.9. The summed E-state index contributed by atoms with van der Waals surface area (Å²) in [5.41, 5.74) is 2.16. The van der Waals surface area contributed by atoms with Gasteiger partial charge >= 0.3 is 10.2 Å². The standard InChI is InChI=1S/C12H14N2O2S/c1-10-8-11(2)14(17(15,16)13-10)9-12-6-4-3-5-7-12/h3-8H,9H2,1-2H3. The van der Waals surface area contributed by atoms with Crippen molar-refractivity contribution in [2.24, 2.45) is 4.40 Å². The van der Waals surface area contributed by atoms with Gasteiger partial charge in [-0.15, -0.1) is 4.40 Å². The number of hydrogen-bond acceptors (Lipinski definition) is 2. The maximum Gasteiger partial charge on any atom is 0.344 e. The lowest BCUT2D eigenvalue weighted by molar-refractivity contribution is 0.472. The highest BCUT2D eigenvalue weighted by Gasteiger charge is 2.25. The Morgan fingerprint density at radius 1 is 1.18 bits per heavy atom. The van der Waals surface area contributed by atoms with E-state index < -0.39 is 10.2 Å². The molecule has 1 aliphatic rings. The molecule has 2 rings (SSSR count). The minimum Gasteiger partial charge on any atom is -0.252 e. The molecule has 0 aliphatic carbocycles. The molecule has 0 saturated carbocycles. The van der Waals surface area contributed by atoms with Gasteiger partial charge in [-0.25, -0.2) is 0 Å². The zero-order valence-corrected chi connectivity index (χ0v) is 10.6. The Balaban J connectivity index is 2.31. The van der Waals surface area contributed by atoms with Crippen LogP contribution in [0.1, 0.15) is 19.4 Å². The lowest BCUT2D eigenvalue weighted by Gasteiger charge is -2.25. The Labute approximate surface area is 101 Å². The Morgan fingerprint density at radius 3 is 2.41 bits per heavy atom. The van der Waals surface area contributed by atoms with Crippen molar-refractivity contribution < 1.29 is 8.42 Å². The molecule has 4 nitrogen and oxygen atoms in total. The van der Waals surface area contributed by atoms with Crippen LogP contribution in [0.5, 0.6) is 0 Å². The summed E-state index contributed by atoms with van der Waals surface area (Å²) in [6, 6.07) is 9.47. The van der Waals surface area contributed by atoms with Gasteiger partial charge in [-0.1, -0.05) is 30.3 Å². The van der Waals surface area contributed by atoms with Crippen molar-refractivity contribution in [3.05, 3.63) is 47.7 Å². The molecule has 90 valence electrons. The number of nitrogens with zero attached hydrogens (tertiary/aromatic N) is 2. The van der Waals surface area contributed by atoms with Crippen molar-refractivity contribution in [2.75, 3.05) is 0 Å². The third kappa shape index (κ3) is 2.55. The van der Waals surface area contributed by atoms with E-state index >= 15 is 0 Å². The van der Waals surface area contributed by atoms with E-state index in [0.29, 0.717) is 18.0 Å². The van der Waals surface area contributed by atoms with Gasteiger partial charge in [-0.3, -0.25) is 4.31 Å². The summed E-state index contributed by atoms with van der Waals surface area (Å²) >= 11 is 0. The molecule has 0 fully saturated rings. The normalized spacial score (nSPS) is 18.6. The summed E-state index contributed by atoms with van der Waals surface area (Å²) in [7, 11) is -3.57. The summed E-state index contributed by atoms with van der Waals surface area (Å²) in [4.78, 5) is 0. The van der Waals surface area contributed by atoms with E-state index in [9.17, 15) is 8.42 Å². The lowest BCUT2D eigenvalue weighted by atomic mass is 10.2. The van der Waals surface area contributed by atoms with Crippen molar-refractivity contribution in [1.29, 1.82) is 0 Å². The molecule has 5 heteroatoms. The summed E-state index contributed by atoms with van der Waals surface area (Å²) in [5, 5.41) is 0. The molecule has 1 aromatic carbocycles. The van der Waals surface area contributed by atoms with Gasteiger partial charge in [0.15, 0.2) is 0 Å². The number of rotatable bonds is 2. The van der Waals surface area contributed by atoms with E-state index in [2.05, 4.69) is 4.40 Å². The Hall–Kier alpha value is -1.62. The van der Waals surface area contributed by atoms with Crippen LogP contribution in [0, 0.1) is 0 Å². The molecular weight excluding hydrogens is 236 g/mol. The van der Waals surface area contributed by atoms with Crippen molar-refractivity contribution in [1.82, 2.24) is 4.31 Å². The molecule has 17 heavy (non-hydrogen) atoms. The van der Waals surface area contributed by atoms with Crippen molar-refractivity contribution in [3.8, 4) is 0 Å². The minimum atomic E-state index is -3.57. The van der Waals surface area contributed by atoms with E-state index in [4.69, 9.17) is 0 Å². The van der Waals surface area contributed by atoms with Crippen LogP contribution in [0.15, 0.2) is 46.5 Å². The molecule has 0 bridgehead atoms. The van der Waals surface area contributed by atoms with Crippen molar-refractivity contribution in [2.45, 2.75) is 20.4 Å². The number of hydrogen-bond donors (Lipinski definition) is 0. The summed E-state index contributed by atoms with van der Waals surface area (Å²) < 4.78 is 28.8. The van der Waals surface area contributed by atoms with E-state index in [1.807, 2.05) is 30.3 Å². The average Bonchev–Trinajstić information content (AvgIpc) is 2.24. The van der Waals surface area contributed by atoms with Crippen LogP contribution in [-0.4, -0.2) is 18.4 Å². The second-order valence-corrected chi connectivity index (χ2v) is 5.51. The molecule has 0 unspecified atom stereocenters. The predicted octanol–water partition coefficient (Wildman–Crippen LogP) is 2.11. The third-order valence-electron chi connectivity index (χ3n) is 2.52. The fraction of sp³-hybridized carbons (Fsp3) is 0.250. The minimum absolute atomic E-state index is 0.322. The summed E-state index contributed by atoms with van der Waals surface area (Å²) in [6.45, 7) is 3.78. The van der Waals surface area contributed by atoms with Gasteiger partial charge in [-0.05, 0) is 25.5 Å². The lowest BCUT2D eigenvalue weighted by Crippen LogP contribution is -2.30. The zero-order chi connectivity index (χ0) is 12.5. The molecule has 0 atom stereocenters. The van der Waals surface area contributed by atoms with E-state index in [1.54, 1.807) is 19.9 Å².